The molecule has 0 N–H and O–H groups in total. The van der Waals surface area contributed by atoms with Crippen LogP contribution in [0.5, 0.6) is 0 Å². The number of thioether (sulfide) groups is 2. The highest BCUT2D eigenvalue weighted by Gasteiger charge is 2.28. The van der Waals surface area contributed by atoms with Crippen molar-refractivity contribution in [3.05, 3.63) is 46.4 Å². The predicted octanol–water partition coefficient (Wildman–Crippen LogP) is 3.31. The minimum atomic E-state index is -0.439. The number of rotatable bonds is 5. The third-order valence-electron chi connectivity index (χ3n) is 3.80. The van der Waals surface area contributed by atoms with E-state index in [-0.39, 0.29) is 11.5 Å². The average Bonchev–Trinajstić information content (AvgIpc) is 2.97. The van der Waals surface area contributed by atoms with Crippen molar-refractivity contribution in [3.8, 4) is 5.69 Å². The van der Waals surface area contributed by atoms with Crippen molar-refractivity contribution < 1.29 is 9.53 Å². The molecule has 1 aromatic heterocycles. The fraction of sp³-hybridized carbons (Fsp3) is 0.389. The van der Waals surface area contributed by atoms with Crippen LogP contribution in [-0.2, 0) is 16.0 Å². The molecule has 1 aliphatic heterocycles. The van der Waals surface area contributed by atoms with E-state index in [9.17, 15) is 9.59 Å². The molecule has 0 bridgehead atoms. The van der Waals surface area contributed by atoms with E-state index < -0.39 is 5.25 Å². The molecule has 2 aromatic rings. The molecule has 0 radical (unpaired) electrons. The molecule has 0 aliphatic carbocycles. The van der Waals surface area contributed by atoms with E-state index in [4.69, 9.17) is 9.72 Å². The van der Waals surface area contributed by atoms with Gasteiger partial charge in [0.15, 0.2) is 5.16 Å². The van der Waals surface area contributed by atoms with E-state index in [1.165, 1.54) is 11.8 Å². The Hall–Kier alpha value is -1.73. The Balaban J connectivity index is 2.07. The van der Waals surface area contributed by atoms with E-state index in [1.54, 1.807) is 30.2 Å². The van der Waals surface area contributed by atoms with E-state index in [2.05, 4.69) is 6.92 Å². The van der Waals surface area contributed by atoms with E-state index in [1.807, 2.05) is 30.3 Å². The van der Waals surface area contributed by atoms with Crippen LogP contribution in [0.15, 0.2) is 45.2 Å². The Morgan fingerprint density at radius 1 is 1.44 bits per heavy atom. The topological polar surface area (TPSA) is 61.2 Å². The second-order valence-electron chi connectivity index (χ2n) is 5.79. The van der Waals surface area contributed by atoms with Crippen LogP contribution in [0.25, 0.3) is 5.69 Å². The highest BCUT2D eigenvalue weighted by molar-refractivity contribution is 8.00. The second-order valence-corrected chi connectivity index (χ2v) is 8.55. The summed E-state index contributed by atoms with van der Waals surface area (Å²) in [6, 6.07) is 9.41. The smallest absolute Gasteiger partial charge is 0.319 e. The third kappa shape index (κ3) is 3.77. The Labute approximate surface area is 155 Å². The standard InChI is InChI=1S/C18H20N2O3S2/c1-4-23-17(22)12(3)25-18-19-14-10-11(2)24-15(14)16(21)20(18)13-8-6-5-7-9-13/h5-9,11-12H,4,10H2,1-3H3. The highest BCUT2D eigenvalue weighted by Crippen LogP contribution is 2.35. The van der Waals surface area contributed by atoms with Crippen molar-refractivity contribution in [1.82, 2.24) is 9.55 Å². The zero-order chi connectivity index (χ0) is 18.0. The largest absolute Gasteiger partial charge is 0.465 e. The number of aromatic nitrogens is 2. The number of para-hydroxylation sites is 1. The molecule has 1 aromatic carbocycles. The molecule has 1 aliphatic rings. The minimum Gasteiger partial charge on any atom is -0.465 e. The molecule has 5 nitrogen and oxygen atoms in total. The summed E-state index contributed by atoms with van der Waals surface area (Å²) in [4.78, 5) is 30.5. The Kier molecular flexibility index (Phi) is 5.54. The summed E-state index contributed by atoms with van der Waals surface area (Å²) >= 11 is 2.83. The van der Waals surface area contributed by atoms with Crippen LogP contribution in [0.3, 0.4) is 0 Å². The molecule has 0 saturated heterocycles. The van der Waals surface area contributed by atoms with Gasteiger partial charge in [-0.15, -0.1) is 11.8 Å². The predicted molar refractivity (Wildman–Crippen MR) is 101 cm³/mol. The quantitative estimate of drug-likeness (QED) is 0.453. The van der Waals surface area contributed by atoms with Crippen LogP contribution in [0.2, 0.25) is 0 Å². The number of carbonyl (C=O) groups is 1. The van der Waals surface area contributed by atoms with Crippen molar-refractivity contribution >= 4 is 29.5 Å². The lowest BCUT2D eigenvalue weighted by molar-refractivity contribution is -0.142. The maximum Gasteiger partial charge on any atom is 0.319 e. The van der Waals surface area contributed by atoms with Gasteiger partial charge in [-0.1, -0.05) is 36.9 Å². The number of ether oxygens (including phenoxy) is 1. The number of hydrogen-bond donors (Lipinski definition) is 0. The number of benzene rings is 1. The Bertz CT molecular complexity index is 836. The first-order chi connectivity index (χ1) is 12.0. The summed E-state index contributed by atoms with van der Waals surface area (Å²) in [7, 11) is 0. The van der Waals surface area contributed by atoms with Crippen molar-refractivity contribution in [2.75, 3.05) is 6.61 Å². The third-order valence-corrected chi connectivity index (χ3v) is 6.04. The van der Waals surface area contributed by atoms with Gasteiger partial charge in [0, 0.05) is 11.7 Å². The lowest BCUT2D eigenvalue weighted by atomic mass is 10.2. The second kappa shape index (κ2) is 7.66. The molecule has 2 unspecified atom stereocenters. The van der Waals surface area contributed by atoms with Crippen LogP contribution in [0, 0.1) is 0 Å². The van der Waals surface area contributed by atoms with Crippen molar-refractivity contribution in [2.24, 2.45) is 0 Å². The van der Waals surface area contributed by atoms with E-state index in [0.717, 1.165) is 17.8 Å². The van der Waals surface area contributed by atoms with Gasteiger partial charge in [0.05, 0.1) is 22.9 Å². The fourth-order valence-corrected chi connectivity index (χ4v) is 4.69. The molecule has 132 valence electrons. The maximum absolute atomic E-state index is 13.1. The van der Waals surface area contributed by atoms with Crippen molar-refractivity contribution in [2.45, 2.75) is 47.7 Å². The van der Waals surface area contributed by atoms with Gasteiger partial charge in [0.25, 0.3) is 5.56 Å². The monoisotopic (exact) mass is 376 g/mol. The van der Waals surface area contributed by atoms with Gasteiger partial charge < -0.3 is 4.74 Å². The SMILES string of the molecule is CCOC(=O)C(C)Sc1nc2c(c(=O)n1-c1ccccc1)SC(C)C2. The van der Waals surface area contributed by atoms with E-state index >= 15 is 0 Å². The molecule has 0 saturated carbocycles. The summed E-state index contributed by atoms with van der Waals surface area (Å²) in [5.74, 6) is -0.301. The first-order valence-electron chi connectivity index (χ1n) is 8.22. The molecule has 0 amide bonds. The normalized spacial score (nSPS) is 17.2. The lowest BCUT2D eigenvalue weighted by Gasteiger charge is -2.16. The van der Waals surface area contributed by atoms with Gasteiger partial charge >= 0.3 is 5.97 Å². The van der Waals surface area contributed by atoms with Gasteiger partial charge in [0.1, 0.15) is 5.25 Å². The molecule has 25 heavy (non-hydrogen) atoms. The number of fused-ring (bicyclic) bond motifs is 1. The van der Waals surface area contributed by atoms with Gasteiger partial charge in [-0.3, -0.25) is 14.2 Å². The summed E-state index contributed by atoms with van der Waals surface area (Å²) in [5.41, 5.74) is 1.51. The molecule has 2 atom stereocenters. The summed E-state index contributed by atoms with van der Waals surface area (Å²) in [6.07, 6.45) is 0.770. The zero-order valence-corrected chi connectivity index (χ0v) is 16.0. The summed E-state index contributed by atoms with van der Waals surface area (Å²) < 4.78 is 6.68. The first kappa shape index (κ1) is 18.1. The van der Waals surface area contributed by atoms with Crippen LogP contribution in [-0.4, -0.2) is 32.6 Å². The molecule has 7 heteroatoms. The Morgan fingerprint density at radius 3 is 2.84 bits per heavy atom. The van der Waals surface area contributed by atoms with Gasteiger partial charge in [0.2, 0.25) is 0 Å². The highest BCUT2D eigenvalue weighted by atomic mass is 32.2. The number of nitrogens with zero attached hydrogens (tertiary/aromatic N) is 2. The molecular weight excluding hydrogens is 356 g/mol. The van der Waals surface area contributed by atoms with Gasteiger partial charge in [-0.2, -0.15) is 0 Å². The van der Waals surface area contributed by atoms with Gasteiger partial charge in [-0.05, 0) is 26.0 Å². The van der Waals surface area contributed by atoms with Crippen LogP contribution < -0.4 is 5.56 Å². The van der Waals surface area contributed by atoms with Gasteiger partial charge in [-0.25, -0.2) is 4.98 Å². The molecule has 0 fully saturated rings. The number of esters is 1. The lowest BCUT2D eigenvalue weighted by Crippen LogP contribution is -2.25. The van der Waals surface area contributed by atoms with Crippen LogP contribution in [0.4, 0.5) is 0 Å². The number of hydrogen-bond acceptors (Lipinski definition) is 6. The number of carbonyl (C=O) groups excluding carboxylic acids is 1. The average molecular weight is 377 g/mol. The first-order valence-corrected chi connectivity index (χ1v) is 9.98. The molecule has 0 spiro atoms. The van der Waals surface area contributed by atoms with Crippen molar-refractivity contribution in [1.29, 1.82) is 0 Å². The zero-order valence-electron chi connectivity index (χ0n) is 14.4. The van der Waals surface area contributed by atoms with Crippen LogP contribution in [0.1, 0.15) is 26.5 Å². The molecule has 2 heterocycles. The molecular formula is C18H20N2O3S2. The summed E-state index contributed by atoms with van der Waals surface area (Å²) in [5, 5.41) is 0.429. The van der Waals surface area contributed by atoms with E-state index in [0.29, 0.717) is 21.9 Å². The fourth-order valence-electron chi connectivity index (χ4n) is 2.65. The minimum absolute atomic E-state index is 0.0656. The van der Waals surface area contributed by atoms with Crippen molar-refractivity contribution in [3.63, 3.8) is 0 Å². The van der Waals surface area contributed by atoms with Crippen LogP contribution >= 0.6 is 23.5 Å². The molecule has 3 rings (SSSR count). The summed E-state index contributed by atoms with van der Waals surface area (Å²) in [6.45, 7) is 5.98. The maximum atomic E-state index is 13.1. The Morgan fingerprint density at radius 2 is 2.16 bits per heavy atom.